The first-order chi connectivity index (χ1) is 7.29. The lowest BCUT2D eigenvalue weighted by atomic mass is 10.2. The molecule has 0 spiro atoms. The van der Waals surface area contributed by atoms with Crippen molar-refractivity contribution in [3.05, 3.63) is 28.7 Å². The van der Waals surface area contributed by atoms with E-state index in [0.29, 0.717) is 6.54 Å². The quantitative estimate of drug-likeness (QED) is 0.888. The van der Waals surface area contributed by atoms with E-state index in [9.17, 15) is 0 Å². The molecule has 1 aromatic rings. The number of nitrogens with zero attached hydrogens (tertiary/aromatic N) is 1. The summed E-state index contributed by atoms with van der Waals surface area (Å²) in [5.74, 6) is 0. The molecule has 0 aliphatic carbocycles. The van der Waals surface area contributed by atoms with Gasteiger partial charge in [0.05, 0.1) is 12.7 Å². The molecule has 3 nitrogen and oxygen atoms in total. The molecule has 1 fully saturated rings. The van der Waals surface area contributed by atoms with Gasteiger partial charge in [0.15, 0.2) is 0 Å². The molecule has 4 heteroatoms. The van der Waals surface area contributed by atoms with Crippen LogP contribution in [0.1, 0.15) is 0 Å². The molecule has 1 heterocycles. The van der Waals surface area contributed by atoms with Gasteiger partial charge in [-0.25, -0.2) is 0 Å². The summed E-state index contributed by atoms with van der Waals surface area (Å²) < 4.78 is 6.63. The maximum absolute atomic E-state index is 5.61. The number of benzene rings is 1. The highest BCUT2D eigenvalue weighted by Gasteiger charge is 2.18. The Labute approximate surface area is 98.3 Å². The Kier molecular flexibility index (Phi) is 3.61. The van der Waals surface area contributed by atoms with Crippen LogP contribution in [0.5, 0.6) is 0 Å². The summed E-state index contributed by atoms with van der Waals surface area (Å²) in [5.41, 5.74) is 6.84. The molecule has 0 radical (unpaired) electrons. The van der Waals surface area contributed by atoms with Crippen molar-refractivity contribution in [2.24, 2.45) is 5.73 Å². The molecule has 2 rings (SSSR count). The first kappa shape index (κ1) is 10.9. The van der Waals surface area contributed by atoms with Gasteiger partial charge in [0.25, 0.3) is 0 Å². The third-order valence-electron chi connectivity index (χ3n) is 2.59. The van der Waals surface area contributed by atoms with E-state index in [-0.39, 0.29) is 6.10 Å². The minimum Gasteiger partial charge on any atom is -0.373 e. The monoisotopic (exact) mass is 270 g/mol. The summed E-state index contributed by atoms with van der Waals surface area (Å²) in [5, 5.41) is 0. The fraction of sp³-hybridized carbons (Fsp3) is 0.455. The molecule has 1 aliphatic rings. The van der Waals surface area contributed by atoms with Crippen LogP contribution in [0, 0.1) is 0 Å². The van der Waals surface area contributed by atoms with Crippen LogP contribution in [0.25, 0.3) is 0 Å². The van der Waals surface area contributed by atoms with Crippen LogP contribution in [0.3, 0.4) is 0 Å². The average molecular weight is 271 g/mol. The van der Waals surface area contributed by atoms with E-state index >= 15 is 0 Å². The number of halogens is 1. The van der Waals surface area contributed by atoms with E-state index in [1.807, 2.05) is 0 Å². The van der Waals surface area contributed by atoms with E-state index in [2.05, 4.69) is 45.1 Å². The Morgan fingerprint density at radius 1 is 1.40 bits per heavy atom. The van der Waals surface area contributed by atoms with Gasteiger partial charge in [-0.15, -0.1) is 0 Å². The molecule has 0 aromatic heterocycles. The van der Waals surface area contributed by atoms with Gasteiger partial charge in [-0.05, 0) is 24.3 Å². The highest BCUT2D eigenvalue weighted by atomic mass is 79.9. The molecule has 1 saturated heterocycles. The summed E-state index contributed by atoms with van der Waals surface area (Å²) in [7, 11) is 0. The van der Waals surface area contributed by atoms with E-state index in [0.717, 1.165) is 24.2 Å². The SMILES string of the molecule is NCC1CN(c2ccc(Br)cc2)CCO1. The molecule has 1 aromatic carbocycles. The number of anilines is 1. The second-order valence-corrected chi connectivity index (χ2v) is 4.57. The van der Waals surface area contributed by atoms with Gasteiger partial charge in [-0.3, -0.25) is 0 Å². The first-order valence-corrected chi connectivity index (χ1v) is 5.91. The smallest absolute Gasteiger partial charge is 0.0872 e. The number of hydrogen-bond acceptors (Lipinski definition) is 3. The normalized spacial score (nSPS) is 21.7. The van der Waals surface area contributed by atoms with Crippen molar-refractivity contribution in [1.29, 1.82) is 0 Å². The van der Waals surface area contributed by atoms with Crippen LogP contribution in [0.15, 0.2) is 28.7 Å². The molecular formula is C11H15BrN2O. The number of hydrogen-bond donors (Lipinski definition) is 1. The summed E-state index contributed by atoms with van der Waals surface area (Å²) in [4.78, 5) is 2.31. The molecule has 2 N–H and O–H groups in total. The van der Waals surface area contributed by atoms with Gasteiger partial charge >= 0.3 is 0 Å². The number of ether oxygens (including phenoxy) is 1. The van der Waals surface area contributed by atoms with Crippen LogP contribution in [-0.2, 0) is 4.74 Å². The fourth-order valence-corrected chi connectivity index (χ4v) is 2.01. The van der Waals surface area contributed by atoms with Gasteiger partial charge < -0.3 is 15.4 Å². The van der Waals surface area contributed by atoms with Crippen molar-refractivity contribution in [1.82, 2.24) is 0 Å². The predicted molar refractivity (Wildman–Crippen MR) is 65.1 cm³/mol. The molecule has 1 atom stereocenters. The highest BCUT2D eigenvalue weighted by Crippen LogP contribution is 2.20. The van der Waals surface area contributed by atoms with Crippen LogP contribution in [0.4, 0.5) is 5.69 Å². The summed E-state index contributed by atoms with van der Waals surface area (Å²) in [6, 6.07) is 8.34. The second kappa shape index (κ2) is 4.96. The number of nitrogens with two attached hydrogens (primary N) is 1. The summed E-state index contributed by atoms with van der Waals surface area (Å²) >= 11 is 3.43. The lowest BCUT2D eigenvalue weighted by Crippen LogP contribution is -2.45. The van der Waals surface area contributed by atoms with Crippen LogP contribution in [-0.4, -0.2) is 32.3 Å². The average Bonchev–Trinajstić information content (AvgIpc) is 2.30. The Morgan fingerprint density at radius 2 is 2.13 bits per heavy atom. The molecular weight excluding hydrogens is 256 g/mol. The lowest BCUT2D eigenvalue weighted by molar-refractivity contribution is 0.0466. The van der Waals surface area contributed by atoms with Crippen molar-refractivity contribution in [3.8, 4) is 0 Å². The number of rotatable bonds is 2. The molecule has 1 unspecified atom stereocenters. The molecule has 1 aliphatic heterocycles. The molecule has 0 saturated carbocycles. The third kappa shape index (κ3) is 2.71. The van der Waals surface area contributed by atoms with Gasteiger partial charge in [0, 0.05) is 29.8 Å². The lowest BCUT2D eigenvalue weighted by Gasteiger charge is -2.34. The largest absolute Gasteiger partial charge is 0.373 e. The fourth-order valence-electron chi connectivity index (χ4n) is 1.75. The van der Waals surface area contributed by atoms with Gasteiger partial charge in [-0.1, -0.05) is 15.9 Å². The highest BCUT2D eigenvalue weighted by molar-refractivity contribution is 9.10. The van der Waals surface area contributed by atoms with Crippen LogP contribution < -0.4 is 10.6 Å². The van der Waals surface area contributed by atoms with Crippen molar-refractivity contribution in [2.45, 2.75) is 6.10 Å². The molecule has 0 bridgehead atoms. The Bertz CT molecular complexity index is 315. The first-order valence-electron chi connectivity index (χ1n) is 5.12. The molecule has 15 heavy (non-hydrogen) atoms. The summed E-state index contributed by atoms with van der Waals surface area (Å²) in [6.45, 7) is 3.18. The van der Waals surface area contributed by atoms with Crippen LogP contribution >= 0.6 is 15.9 Å². The zero-order valence-electron chi connectivity index (χ0n) is 8.53. The maximum atomic E-state index is 5.61. The van der Waals surface area contributed by atoms with Gasteiger partial charge in [-0.2, -0.15) is 0 Å². The van der Waals surface area contributed by atoms with Crippen molar-refractivity contribution >= 4 is 21.6 Å². The minimum atomic E-state index is 0.169. The van der Waals surface area contributed by atoms with E-state index in [1.54, 1.807) is 0 Å². The third-order valence-corrected chi connectivity index (χ3v) is 3.12. The van der Waals surface area contributed by atoms with Gasteiger partial charge in [0.1, 0.15) is 0 Å². The topological polar surface area (TPSA) is 38.5 Å². The molecule has 0 amide bonds. The zero-order chi connectivity index (χ0) is 10.7. The minimum absolute atomic E-state index is 0.169. The van der Waals surface area contributed by atoms with Crippen molar-refractivity contribution in [2.75, 3.05) is 31.1 Å². The Balaban J connectivity index is 2.06. The second-order valence-electron chi connectivity index (χ2n) is 3.65. The van der Waals surface area contributed by atoms with Gasteiger partial charge in [0.2, 0.25) is 0 Å². The Morgan fingerprint density at radius 3 is 2.80 bits per heavy atom. The maximum Gasteiger partial charge on any atom is 0.0872 e. The van der Waals surface area contributed by atoms with E-state index in [4.69, 9.17) is 10.5 Å². The Hall–Kier alpha value is -0.580. The summed E-state index contributed by atoms with van der Waals surface area (Å²) in [6.07, 6.45) is 0.169. The van der Waals surface area contributed by atoms with Crippen LogP contribution in [0.2, 0.25) is 0 Å². The van der Waals surface area contributed by atoms with E-state index in [1.165, 1.54) is 5.69 Å². The predicted octanol–water partition coefficient (Wildman–Crippen LogP) is 1.61. The standard InChI is InChI=1S/C11H15BrN2O/c12-9-1-3-10(4-2-9)14-5-6-15-11(7-13)8-14/h1-4,11H,5-8,13H2. The van der Waals surface area contributed by atoms with Crippen molar-refractivity contribution < 1.29 is 4.74 Å². The zero-order valence-corrected chi connectivity index (χ0v) is 10.1. The van der Waals surface area contributed by atoms with E-state index < -0.39 is 0 Å². The molecule has 82 valence electrons. The number of morpholine rings is 1. The van der Waals surface area contributed by atoms with Crippen molar-refractivity contribution in [3.63, 3.8) is 0 Å².